The minimum atomic E-state index is -1.13. The number of methoxy groups -OCH3 is 1. The summed E-state index contributed by atoms with van der Waals surface area (Å²) in [4.78, 5) is 26.9. The molecule has 1 aromatic heterocycles. The van der Waals surface area contributed by atoms with Gasteiger partial charge < -0.3 is 38.9 Å². The lowest BCUT2D eigenvalue weighted by atomic mass is 9.93. The van der Waals surface area contributed by atoms with Crippen molar-refractivity contribution in [1.82, 2.24) is 4.98 Å². The number of carboxylic acid groups (broad SMARTS) is 2. The largest absolute Gasteiger partial charge is 0.497 e. The van der Waals surface area contributed by atoms with Crippen LogP contribution in [0.2, 0.25) is 0 Å². The number of aliphatic carboxylic acids is 1. The molecular formula is C33H27NO9. The van der Waals surface area contributed by atoms with Gasteiger partial charge in [0.05, 0.1) is 7.11 Å². The fourth-order valence-electron chi connectivity index (χ4n) is 5.16. The van der Waals surface area contributed by atoms with E-state index in [1.807, 2.05) is 30.3 Å². The Labute approximate surface area is 246 Å². The van der Waals surface area contributed by atoms with E-state index in [9.17, 15) is 19.8 Å². The van der Waals surface area contributed by atoms with E-state index < -0.39 is 18.5 Å². The van der Waals surface area contributed by atoms with Crippen molar-refractivity contribution < 1.29 is 43.5 Å². The summed E-state index contributed by atoms with van der Waals surface area (Å²) in [6, 6.07) is 23.7. The van der Waals surface area contributed by atoms with Crippen molar-refractivity contribution >= 4 is 22.8 Å². The molecule has 0 spiro atoms. The van der Waals surface area contributed by atoms with Gasteiger partial charge in [0.1, 0.15) is 29.5 Å². The molecule has 0 atom stereocenters. The van der Waals surface area contributed by atoms with Crippen LogP contribution >= 0.6 is 0 Å². The van der Waals surface area contributed by atoms with Gasteiger partial charge in [-0.25, -0.2) is 9.59 Å². The second-order valence-electron chi connectivity index (χ2n) is 9.82. The number of H-pyrrole nitrogens is 1. The van der Waals surface area contributed by atoms with Gasteiger partial charge in [-0.2, -0.15) is 0 Å². The number of rotatable bonds is 11. The lowest BCUT2D eigenvalue weighted by Gasteiger charge is -2.17. The number of ether oxygens (including phenoxy) is 5. The Morgan fingerprint density at radius 1 is 0.884 bits per heavy atom. The SMILES string of the molecule is COc1ccc(Cc2c(OCc3ccccc3)ccc3[nH]c(C(=O)O)c(-c4ccc5c(c4)OCO5)c23)c(OCC(=O)O)c1. The third-order valence-corrected chi connectivity index (χ3v) is 7.13. The average molecular weight is 582 g/mol. The van der Waals surface area contributed by atoms with Gasteiger partial charge in [0.15, 0.2) is 18.1 Å². The highest BCUT2D eigenvalue weighted by molar-refractivity contribution is 6.09. The Balaban J connectivity index is 1.54. The van der Waals surface area contributed by atoms with Gasteiger partial charge in [-0.3, -0.25) is 0 Å². The molecule has 10 nitrogen and oxygen atoms in total. The Morgan fingerprint density at radius 2 is 1.70 bits per heavy atom. The van der Waals surface area contributed by atoms with Crippen molar-refractivity contribution in [3.63, 3.8) is 0 Å². The Morgan fingerprint density at radius 3 is 2.47 bits per heavy atom. The molecule has 1 aliphatic rings. The molecule has 0 saturated heterocycles. The van der Waals surface area contributed by atoms with Crippen LogP contribution in [0, 0.1) is 0 Å². The van der Waals surface area contributed by atoms with E-state index >= 15 is 0 Å². The number of nitrogens with one attached hydrogen (secondary N) is 1. The van der Waals surface area contributed by atoms with Crippen LogP contribution in [0.3, 0.4) is 0 Å². The molecule has 43 heavy (non-hydrogen) atoms. The Bertz CT molecular complexity index is 1830. The number of carboxylic acids is 2. The summed E-state index contributed by atoms with van der Waals surface area (Å²) >= 11 is 0. The van der Waals surface area contributed by atoms with Crippen molar-refractivity contribution in [3.8, 4) is 39.9 Å². The first-order chi connectivity index (χ1) is 20.9. The summed E-state index contributed by atoms with van der Waals surface area (Å²) in [6.45, 7) is -0.185. The van der Waals surface area contributed by atoms with Crippen molar-refractivity contribution in [1.29, 1.82) is 0 Å². The molecule has 1 aliphatic heterocycles. The summed E-state index contributed by atoms with van der Waals surface area (Å²) in [5.74, 6) is 0.201. The first-order valence-electron chi connectivity index (χ1n) is 13.4. The molecule has 0 fully saturated rings. The van der Waals surface area contributed by atoms with Crippen LogP contribution in [-0.2, 0) is 17.8 Å². The standard InChI is InChI=1S/C33H27NO9/c1-39-22-9-7-20(27(15-22)41-17-29(35)36)13-23-25(40-16-19-5-3-2-4-6-19)12-10-24-31(23)30(32(34-24)33(37)38)21-8-11-26-28(14-21)43-18-42-26/h2-12,14-15,34H,13,16-18H2,1H3,(H,35,36)(H,37,38). The van der Waals surface area contributed by atoms with Crippen molar-refractivity contribution in [3.05, 3.63) is 101 Å². The second-order valence-corrected chi connectivity index (χ2v) is 9.82. The van der Waals surface area contributed by atoms with Crippen molar-refractivity contribution in [2.75, 3.05) is 20.5 Å². The monoisotopic (exact) mass is 581 g/mol. The fourth-order valence-corrected chi connectivity index (χ4v) is 5.16. The molecule has 2 heterocycles. The summed E-state index contributed by atoms with van der Waals surface area (Å²) in [7, 11) is 1.51. The predicted molar refractivity (Wildman–Crippen MR) is 157 cm³/mol. The van der Waals surface area contributed by atoms with Crippen LogP contribution in [0.15, 0.2) is 78.9 Å². The smallest absolute Gasteiger partial charge is 0.352 e. The molecule has 218 valence electrons. The van der Waals surface area contributed by atoms with E-state index in [0.29, 0.717) is 61.9 Å². The molecule has 6 rings (SSSR count). The van der Waals surface area contributed by atoms with Gasteiger partial charge in [-0.1, -0.05) is 42.5 Å². The molecule has 0 saturated carbocycles. The summed E-state index contributed by atoms with van der Waals surface area (Å²) in [6.07, 6.45) is 0.231. The van der Waals surface area contributed by atoms with E-state index in [-0.39, 0.29) is 25.5 Å². The van der Waals surface area contributed by atoms with Crippen molar-refractivity contribution in [2.24, 2.45) is 0 Å². The fraction of sp³-hybridized carbons (Fsp3) is 0.152. The number of carbonyl (C=O) groups is 2. The highest BCUT2D eigenvalue weighted by Gasteiger charge is 2.26. The van der Waals surface area contributed by atoms with Gasteiger partial charge >= 0.3 is 11.9 Å². The third-order valence-electron chi connectivity index (χ3n) is 7.13. The van der Waals surface area contributed by atoms with Gasteiger partial charge in [0, 0.05) is 34.5 Å². The van der Waals surface area contributed by atoms with E-state index in [4.69, 9.17) is 23.7 Å². The maximum absolute atomic E-state index is 12.5. The maximum Gasteiger partial charge on any atom is 0.352 e. The van der Waals surface area contributed by atoms with Crippen LogP contribution in [0.4, 0.5) is 0 Å². The highest BCUT2D eigenvalue weighted by atomic mass is 16.7. The predicted octanol–water partition coefficient (Wildman–Crippen LogP) is 5.90. The number of benzene rings is 4. The summed E-state index contributed by atoms with van der Waals surface area (Å²) < 4.78 is 28.4. The van der Waals surface area contributed by atoms with Gasteiger partial charge in [0.2, 0.25) is 6.79 Å². The lowest BCUT2D eigenvalue weighted by Crippen LogP contribution is -2.11. The number of hydrogen-bond acceptors (Lipinski definition) is 7. The first-order valence-corrected chi connectivity index (χ1v) is 13.4. The molecule has 0 aliphatic carbocycles. The Hall–Kier alpha value is -5.64. The number of aromatic nitrogens is 1. The van der Waals surface area contributed by atoms with Crippen LogP contribution in [0.1, 0.15) is 27.2 Å². The average Bonchev–Trinajstić information content (AvgIpc) is 3.65. The molecule has 5 aromatic rings. The topological polar surface area (TPSA) is 137 Å². The quantitative estimate of drug-likeness (QED) is 0.174. The number of fused-ring (bicyclic) bond motifs is 2. The molecule has 3 N–H and O–H groups in total. The second kappa shape index (κ2) is 11.7. The van der Waals surface area contributed by atoms with Crippen LogP contribution in [0.5, 0.6) is 28.7 Å². The lowest BCUT2D eigenvalue weighted by molar-refractivity contribution is -0.139. The Kier molecular flexibility index (Phi) is 7.48. The zero-order valence-corrected chi connectivity index (χ0v) is 23.1. The zero-order valence-electron chi connectivity index (χ0n) is 23.1. The van der Waals surface area contributed by atoms with E-state index in [1.54, 1.807) is 48.5 Å². The van der Waals surface area contributed by atoms with Gasteiger partial charge in [-0.15, -0.1) is 0 Å². The minimum absolute atomic E-state index is 0.00686. The maximum atomic E-state index is 12.5. The molecule has 0 radical (unpaired) electrons. The number of aromatic carboxylic acids is 1. The summed E-state index contributed by atoms with van der Waals surface area (Å²) in [5.41, 5.74) is 3.98. The highest BCUT2D eigenvalue weighted by Crippen LogP contribution is 2.44. The molecule has 0 amide bonds. The van der Waals surface area contributed by atoms with Crippen LogP contribution in [-0.4, -0.2) is 47.6 Å². The van der Waals surface area contributed by atoms with Crippen LogP contribution in [0.25, 0.3) is 22.0 Å². The first kappa shape index (κ1) is 27.5. The molecule has 4 aromatic carbocycles. The normalized spacial score (nSPS) is 11.8. The molecule has 10 heteroatoms. The van der Waals surface area contributed by atoms with E-state index in [0.717, 1.165) is 5.56 Å². The van der Waals surface area contributed by atoms with Gasteiger partial charge in [0.25, 0.3) is 0 Å². The van der Waals surface area contributed by atoms with E-state index in [2.05, 4.69) is 4.98 Å². The van der Waals surface area contributed by atoms with Crippen LogP contribution < -0.4 is 23.7 Å². The zero-order chi connectivity index (χ0) is 29.9. The molecular weight excluding hydrogens is 554 g/mol. The molecule has 0 unspecified atom stereocenters. The van der Waals surface area contributed by atoms with Gasteiger partial charge in [-0.05, 0) is 47.0 Å². The number of hydrogen-bond donors (Lipinski definition) is 3. The van der Waals surface area contributed by atoms with Crippen molar-refractivity contribution in [2.45, 2.75) is 13.0 Å². The number of aromatic amines is 1. The third kappa shape index (κ3) is 5.62. The summed E-state index contributed by atoms with van der Waals surface area (Å²) in [5, 5.41) is 20.2. The van der Waals surface area contributed by atoms with E-state index in [1.165, 1.54) is 7.11 Å². The minimum Gasteiger partial charge on any atom is -0.497 e. The molecule has 0 bridgehead atoms.